The van der Waals surface area contributed by atoms with Crippen molar-refractivity contribution in [1.82, 2.24) is 0 Å². The molecule has 0 fully saturated rings. The minimum absolute atomic E-state index is 0.754. The van der Waals surface area contributed by atoms with Gasteiger partial charge in [0.2, 0.25) is 0 Å². The fraction of sp³-hybridized carbons (Fsp3) is 0.429. The van der Waals surface area contributed by atoms with Gasteiger partial charge < -0.3 is 9.64 Å². The van der Waals surface area contributed by atoms with Crippen LogP contribution >= 0.6 is 0 Å². The van der Waals surface area contributed by atoms with Crippen molar-refractivity contribution in [3.05, 3.63) is 52.8 Å². The van der Waals surface area contributed by atoms with E-state index in [4.69, 9.17) is 4.74 Å². The molecular formula is C21H27NO. The molecule has 2 heteroatoms. The minimum atomic E-state index is 0.754. The van der Waals surface area contributed by atoms with E-state index in [0.717, 1.165) is 48.6 Å². The monoisotopic (exact) mass is 309 g/mol. The molecule has 2 heterocycles. The van der Waals surface area contributed by atoms with Gasteiger partial charge in [0.05, 0.1) is 0 Å². The summed E-state index contributed by atoms with van der Waals surface area (Å²) < 4.78 is 6.19. The lowest BCUT2D eigenvalue weighted by Gasteiger charge is -2.36. The van der Waals surface area contributed by atoms with E-state index in [1.807, 2.05) is 0 Å². The molecule has 0 bridgehead atoms. The van der Waals surface area contributed by atoms with Gasteiger partial charge in [-0.15, -0.1) is 0 Å². The van der Waals surface area contributed by atoms with E-state index in [1.165, 1.54) is 34.4 Å². The Morgan fingerprint density at radius 1 is 1.35 bits per heavy atom. The van der Waals surface area contributed by atoms with Crippen LogP contribution in [0, 0.1) is 0 Å². The van der Waals surface area contributed by atoms with Gasteiger partial charge in [-0.05, 0) is 68.4 Å². The van der Waals surface area contributed by atoms with E-state index in [0.29, 0.717) is 0 Å². The zero-order valence-electron chi connectivity index (χ0n) is 14.9. The van der Waals surface area contributed by atoms with Crippen molar-refractivity contribution in [3.8, 4) is 5.75 Å². The van der Waals surface area contributed by atoms with Gasteiger partial charge >= 0.3 is 0 Å². The van der Waals surface area contributed by atoms with Crippen molar-refractivity contribution in [3.63, 3.8) is 0 Å². The normalized spacial score (nSPS) is 16.9. The third-order valence-electron chi connectivity index (χ3n) is 5.07. The Labute approximate surface area is 140 Å². The first kappa shape index (κ1) is 15.9. The van der Waals surface area contributed by atoms with Crippen LogP contribution in [0.1, 0.15) is 50.8 Å². The predicted octanol–water partition coefficient (Wildman–Crippen LogP) is 5.28. The summed E-state index contributed by atoms with van der Waals surface area (Å²) in [6, 6.07) is 2.34. The van der Waals surface area contributed by atoms with Crippen molar-refractivity contribution >= 4 is 11.3 Å². The Hall–Kier alpha value is -1.96. The van der Waals surface area contributed by atoms with Gasteiger partial charge in [-0.1, -0.05) is 20.1 Å². The Bertz CT molecular complexity index is 724. The molecule has 0 spiro atoms. The summed E-state index contributed by atoms with van der Waals surface area (Å²) in [5, 5.41) is 0. The average Bonchev–Trinajstić information content (AvgIpc) is 2.53. The number of hydrogen-bond donors (Lipinski definition) is 0. The molecule has 23 heavy (non-hydrogen) atoms. The van der Waals surface area contributed by atoms with Crippen LogP contribution in [0.15, 0.2) is 36.1 Å². The molecule has 2 aliphatic heterocycles. The van der Waals surface area contributed by atoms with Gasteiger partial charge in [-0.2, -0.15) is 0 Å². The first-order valence-corrected chi connectivity index (χ1v) is 8.67. The maximum absolute atomic E-state index is 6.19. The van der Waals surface area contributed by atoms with Crippen LogP contribution in [0.3, 0.4) is 0 Å². The molecule has 0 aromatic heterocycles. The number of ether oxygens (including phenoxy) is 1. The molecule has 1 aromatic rings. The van der Waals surface area contributed by atoms with Crippen molar-refractivity contribution in [2.24, 2.45) is 0 Å². The van der Waals surface area contributed by atoms with Crippen LogP contribution in [-0.2, 0) is 12.8 Å². The predicted molar refractivity (Wildman–Crippen MR) is 99.2 cm³/mol. The highest BCUT2D eigenvalue weighted by Crippen LogP contribution is 2.47. The van der Waals surface area contributed by atoms with E-state index < -0.39 is 0 Å². The second-order valence-electron chi connectivity index (χ2n) is 6.58. The molecule has 0 aliphatic carbocycles. The molecule has 0 saturated heterocycles. The molecule has 0 unspecified atom stereocenters. The zero-order valence-corrected chi connectivity index (χ0v) is 14.9. The molecule has 0 saturated carbocycles. The number of aryl methyl sites for hydroxylation is 1. The second-order valence-corrected chi connectivity index (χ2v) is 6.58. The molecule has 1 aromatic carbocycles. The van der Waals surface area contributed by atoms with Gasteiger partial charge in [0.1, 0.15) is 11.5 Å². The zero-order chi connectivity index (χ0) is 16.7. The number of nitrogens with zero attached hydrogens (tertiary/aromatic N) is 1. The van der Waals surface area contributed by atoms with Gasteiger partial charge in [-0.25, -0.2) is 0 Å². The lowest BCUT2D eigenvalue weighted by atomic mass is 9.85. The van der Waals surface area contributed by atoms with Crippen LogP contribution < -0.4 is 9.64 Å². The molecule has 0 radical (unpaired) electrons. The summed E-state index contributed by atoms with van der Waals surface area (Å²) >= 11 is 0. The lowest BCUT2D eigenvalue weighted by Crippen LogP contribution is -2.30. The minimum Gasteiger partial charge on any atom is -0.457 e. The Morgan fingerprint density at radius 3 is 2.70 bits per heavy atom. The summed E-state index contributed by atoms with van der Waals surface area (Å²) in [7, 11) is 0. The fourth-order valence-electron chi connectivity index (χ4n) is 3.97. The number of anilines is 1. The number of rotatable bonds is 3. The first-order chi connectivity index (χ1) is 11.0. The Balaban J connectivity index is 2.33. The average molecular weight is 309 g/mol. The molecular weight excluding hydrogens is 282 g/mol. The van der Waals surface area contributed by atoms with E-state index in [1.54, 1.807) is 0 Å². The molecule has 0 atom stereocenters. The topological polar surface area (TPSA) is 12.5 Å². The summed E-state index contributed by atoms with van der Waals surface area (Å²) in [5.41, 5.74) is 8.78. The highest BCUT2D eigenvalue weighted by Gasteiger charge is 2.29. The maximum Gasteiger partial charge on any atom is 0.140 e. The van der Waals surface area contributed by atoms with Crippen molar-refractivity contribution < 1.29 is 4.74 Å². The van der Waals surface area contributed by atoms with Crippen molar-refractivity contribution in [1.29, 1.82) is 0 Å². The number of allylic oxidation sites excluding steroid dienone is 3. The SMILES string of the molecule is C=C(C)C1=C(C)C(=C)Oc2c1cc1c(c2CC)N(CC)CCC1. The number of benzene rings is 1. The second kappa shape index (κ2) is 5.92. The van der Waals surface area contributed by atoms with E-state index in [-0.39, 0.29) is 0 Å². The van der Waals surface area contributed by atoms with Gasteiger partial charge in [0, 0.05) is 29.9 Å². The lowest BCUT2D eigenvalue weighted by molar-refractivity contribution is 0.426. The molecule has 2 aliphatic rings. The van der Waals surface area contributed by atoms with Crippen molar-refractivity contribution in [2.45, 2.75) is 47.0 Å². The van der Waals surface area contributed by atoms with Crippen LogP contribution in [0.2, 0.25) is 0 Å². The van der Waals surface area contributed by atoms with E-state index in [9.17, 15) is 0 Å². The third-order valence-corrected chi connectivity index (χ3v) is 5.07. The number of fused-ring (bicyclic) bond motifs is 2. The first-order valence-electron chi connectivity index (χ1n) is 8.67. The standard InChI is InChI=1S/C21H27NO/c1-7-17-20-16(10-9-11-22(20)8-2)12-18-19(13(3)4)14(5)15(6)23-21(17)18/h12H,3,6-11H2,1-2,4-5H3. The fourth-order valence-corrected chi connectivity index (χ4v) is 3.97. The smallest absolute Gasteiger partial charge is 0.140 e. The van der Waals surface area contributed by atoms with Crippen LogP contribution in [0.5, 0.6) is 5.75 Å². The molecule has 122 valence electrons. The number of hydrogen-bond acceptors (Lipinski definition) is 2. The molecule has 0 N–H and O–H groups in total. The molecule has 2 nitrogen and oxygen atoms in total. The summed E-state index contributed by atoms with van der Waals surface area (Å²) in [4.78, 5) is 2.50. The summed E-state index contributed by atoms with van der Waals surface area (Å²) in [6.45, 7) is 19.1. The van der Waals surface area contributed by atoms with Gasteiger partial charge in [0.15, 0.2) is 0 Å². The van der Waals surface area contributed by atoms with E-state index in [2.05, 4.69) is 51.8 Å². The highest BCUT2D eigenvalue weighted by atomic mass is 16.5. The molecule has 0 amide bonds. The summed E-state index contributed by atoms with van der Waals surface area (Å²) in [5.74, 6) is 1.75. The largest absolute Gasteiger partial charge is 0.457 e. The maximum atomic E-state index is 6.19. The molecule has 3 rings (SSSR count). The van der Waals surface area contributed by atoms with Crippen molar-refractivity contribution in [2.75, 3.05) is 18.0 Å². The third kappa shape index (κ3) is 2.41. The van der Waals surface area contributed by atoms with Crippen LogP contribution in [0.25, 0.3) is 5.57 Å². The van der Waals surface area contributed by atoms with Gasteiger partial charge in [-0.3, -0.25) is 0 Å². The quantitative estimate of drug-likeness (QED) is 0.753. The summed E-state index contributed by atoms with van der Waals surface area (Å²) in [6.07, 6.45) is 3.34. The van der Waals surface area contributed by atoms with Crippen LogP contribution in [-0.4, -0.2) is 13.1 Å². The van der Waals surface area contributed by atoms with E-state index >= 15 is 0 Å². The Kier molecular flexibility index (Phi) is 4.09. The van der Waals surface area contributed by atoms with Crippen LogP contribution in [0.4, 0.5) is 5.69 Å². The highest BCUT2D eigenvalue weighted by molar-refractivity contribution is 5.90. The Morgan fingerprint density at radius 2 is 2.09 bits per heavy atom. The van der Waals surface area contributed by atoms with Gasteiger partial charge in [0.25, 0.3) is 0 Å².